The van der Waals surface area contributed by atoms with Crippen molar-refractivity contribution in [2.24, 2.45) is 7.05 Å². The third kappa shape index (κ3) is 6.26. The van der Waals surface area contributed by atoms with E-state index in [1.165, 1.54) is 7.05 Å². The van der Waals surface area contributed by atoms with Crippen LogP contribution in [0.5, 0.6) is 0 Å². The Labute approximate surface area is 146 Å². The molecule has 2 amide bonds. The number of alkyl carbamates (subject to hydrolysis) is 1. The van der Waals surface area contributed by atoms with Crippen molar-refractivity contribution >= 4 is 18.0 Å². The third-order valence-corrected chi connectivity index (χ3v) is 2.79. The molecule has 1 heterocycles. The predicted octanol–water partition coefficient (Wildman–Crippen LogP) is 1.15. The molecule has 26 heavy (non-hydrogen) atoms. The quantitative estimate of drug-likeness (QED) is 0.704. The summed E-state index contributed by atoms with van der Waals surface area (Å²) in [5.74, 6) is -2.84. The van der Waals surface area contributed by atoms with Crippen molar-refractivity contribution < 1.29 is 37.4 Å². The lowest BCUT2D eigenvalue weighted by Gasteiger charge is -2.21. The van der Waals surface area contributed by atoms with Crippen LogP contribution in [0.15, 0.2) is 6.20 Å². The van der Waals surface area contributed by atoms with E-state index in [-0.39, 0.29) is 0 Å². The van der Waals surface area contributed by atoms with Crippen molar-refractivity contribution in [2.45, 2.75) is 38.6 Å². The molecule has 146 valence electrons. The number of ether oxygens (including phenoxy) is 1. The SMILES string of the molecule is Cn1cc(C(=O)N[C@@H](CNC(=O)OC(C)(C)C)C(=O)O)c(C(F)(F)F)n1. The molecule has 1 aromatic rings. The number of carboxylic acids is 1. The van der Waals surface area contributed by atoms with Gasteiger partial charge in [0.25, 0.3) is 5.91 Å². The summed E-state index contributed by atoms with van der Waals surface area (Å²) in [6.07, 6.45) is -5.00. The number of hydrogen-bond donors (Lipinski definition) is 3. The minimum Gasteiger partial charge on any atom is -0.480 e. The lowest BCUT2D eigenvalue weighted by Crippen LogP contribution is -2.49. The molecule has 12 heteroatoms. The van der Waals surface area contributed by atoms with Gasteiger partial charge in [-0.15, -0.1) is 0 Å². The van der Waals surface area contributed by atoms with Crippen LogP contribution >= 0.6 is 0 Å². The molecule has 1 rings (SSSR count). The highest BCUT2D eigenvalue weighted by atomic mass is 19.4. The fourth-order valence-corrected chi connectivity index (χ4v) is 1.80. The van der Waals surface area contributed by atoms with Gasteiger partial charge in [-0.2, -0.15) is 18.3 Å². The number of rotatable bonds is 5. The summed E-state index contributed by atoms with van der Waals surface area (Å²) in [5, 5.41) is 16.3. The maximum absolute atomic E-state index is 12.9. The average molecular weight is 380 g/mol. The Morgan fingerprint density at radius 3 is 2.35 bits per heavy atom. The standard InChI is InChI=1S/C14H19F3N4O5/c1-13(2,3)26-12(25)18-5-8(11(23)24)19-10(22)7-6-21(4)20-9(7)14(15,16)17/h6,8H,5H2,1-4H3,(H,18,25)(H,19,22)(H,23,24)/t8-/m0/s1. The number of carbonyl (C=O) groups excluding carboxylic acids is 2. The van der Waals surface area contributed by atoms with Crippen LogP contribution in [0.1, 0.15) is 36.8 Å². The Kier molecular flexibility index (Phi) is 6.23. The molecule has 0 aliphatic carbocycles. The molecule has 0 spiro atoms. The number of alkyl halides is 3. The molecular weight excluding hydrogens is 361 g/mol. The first-order valence-corrected chi connectivity index (χ1v) is 7.32. The molecule has 1 atom stereocenters. The normalized spacial score (nSPS) is 13.0. The van der Waals surface area contributed by atoms with E-state index < -0.39 is 53.6 Å². The Morgan fingerprint density at radius 2 is 1.88 bits per heavy atom. The predicted molar refractivity (Wildman–Crippen MR) is 81.3 cm³/mol. The first-order chi connectivity index (χ1) is 11.7. The molecule has 1 aromatic heterocycles. The molecule has 0 saturated carbocycles. The van der Waals surface area contributed by atoms with E-state index in [9.17, 15) is 27.6 Å². The largest absolute Gasteiger partial charge is 0.480 e. The number of aliphatic carboxylic acids is 1. The minimum atomic E-state index is -4.89. The number of halogens is 3. The van der Waals surface area contributed by atoms with Gasteiger partial charge in [0.1, 0.15) is 11.6 Å². The van der Waals surface area contributed by atoms with Crippen LogP contribution in [0.4, 0.5) is 18.0 Å². The van der Waals surface area contributed by atoms with Crippen LogP contribution in [0.2, 0.25) is 0 Å². The van der Waals surface area contributed by atoms with Crippen molar-refractivity contribution in [1.82, 2.24) is 20.4 Å². The first-order valence-electron chi connectivity index (χ1n) is 7.32. The summed E-state index contributed by atoms with van der Waals surface area (Å²) in [5.41, 5.74) is -3.10. The second-order valence-corrected chi connectivity index (χ2v) is 6.31. The Bertz CT molecular complexity index is 694. The first kappa shape index (κ1) is 21.3. The summed E-state index contributed by atoms with van der Waals surface area (Å²) in [6, 6.07) is -1.67. The Balaban J connectivity index is 2.84. The highest BCUT2D eigenvalue weighted by Crippen LogP contribution is 2.30. The molecule has 0 aliphatic heterocycles. The van der Waals surface area contributed by atoms with E-state index in [2.05, 4.69) is 10.4 Å². The average Bonchev–Trinajstić information content (AvgIpc) is 2.83. The summed E-state index contributed by atoms with van der Waals surface area (Å²) in [6.45, 7) is 4.18. The van der Waals surface area contributed by atoms with Gasteiger partial charge in [-0.3, -0.25) is 9.48 Å². The maximum Gasteiger partial charge on any atom is 0.435 e. The van der Waals surface area contributed by atoms with Crippen molar-refractivity contribution in [3.05, 3.63) is 17.5 Å². The van der Waals surface area contributed by atoms with Crippen LogP contribution < -0.4 is 10.6 Å². The molecule has 0 aromatic carbocycles. The molecule has 0 radical (unpaired) electrons. The zero-order valence-corrected chi connectivity index (χ0v) is 14.5. The van der Waals surface area contributed by atoms with Gasteiger partial charge >= 0.3 is 18.2 Å². The van der Waals surface area contributed by atoms with Crippen LogP contribution in [0.3, 0.4) is 0 Å². The molecule has 3 N–H and O–H groups in total. The number of carboxylic acid groups (broad SMARTS) is 1. The minimum absolute atomic E-state index is 0.586. The smallest absolute Gasteiger partial charge is 0.435 e. The van der Waals surface area contributed by atoms with Crippen LogP contribution in [0.25, 0.3) is 0 Å². The summed E-state index contributed by atoms with van der Waals surface area (Å²) < 4.78 is 44.3. The van der Waals surface area contributed by atoms with Gasteiger partial charge in [0, 0.05) is 13.2 Å². The Hall–Kier alpha value is -2.79. The van der Waals surface area contributed by atoms with Crippen molar-refractivity contribution in [3.8, 4) is 0 Å². The fourth-order valence-electron chi connectivity index (χ4n) is 1.80. The van der Waals surface area contributed by atoms with Crippen LogP contribution in [-0.4, -0.2) is 51.0 Å². The lowest BCUT2D eigenvalue weighted by atomic mass is 10.2. The van der Waals surface area contributed by atoms with Crippen LogP contribution in [-0.2, 0) is 22.8 Å². The fraction of sp³-hybridized carbons (Fsp3) is 0.571. The van der Waals surface area contributed by atoms with Gasteiger partial charge in [0.05, 0.1) is 12.1 Å². The number of nitrogens with zero attached hydrogens (tertiary/aromatic N) is 2. The zero-order chi connectivity index (χ0) is 20.3. The molecule has 9 nitrogen and oxygen atoms in total. The van der Waals surface area contributed by atoms with E-state index in [0.717, 1.165) is 10.9 Å². The van der Waals surface area contributed by atoms with Crippen LogP contribution in [0, 0.1) is 0 Å². The third-order valence-electron chi connectivity index (χ3n) is 2.79. The van der Waals surface area contributed by atoms with Gasteiger partial charge in [-0.05, 0) is 20.8 Å². The number of hydrogen-bond acceptors (Lipinski definition) is 5. The molecule has 0 saturated heterocycles. The van der Waals surface area contributed by atoms with Crippen molar-refractivity contribution in [2.75, 3.05) is 6.54 Å². The number of aromatic nitrogens is 2. The summed E-state index contributed by atoms with van der Waals surface area (Å²) >= 11 is 0. The molecular formula is C14H19F3N4O5. The maximum atomic E-state index is 12.9. The van der Waals surface area contributed by atoms with E-state index >= 15 is 0 Å². The van der Waals surface area contributed by atoms with E-state index in [4.69, 9.17) is 9.84 Å². The van der Waals surface area contributed by atoms with E-state index in [0.29, 0.717) is 0 Å². The van der Waals surface area contributed by atoms with Gasteiger partial charge in [0.15, 0.2) is 5.69 Å². The number of nitrogens with one attached hydrogen (secondary N) is 2. The number of aryl methyl sites for hydroxylation is 1. The highest BCUT2D eigenvalue weighted by molar-refractivity contribution is 5.97. The second kappa shape index (κ2) is 7.62. The van der Waals surface area contributed by atoms with Crippen molar-refractivity contribution in [1.29, 1.82) is 0 Å². The molecule has 0 unspecified atom stereocenters. The van der Waals surface area contributed by atoms with Gasteiger partial charge in [0.2, 0.25) is 0 Å². The highest BCUT2D eigenvalue weighted by Gasteiger charge is 2.39. The molecule has 0 bridgehead atoms. The zero-order valence-electron chi connectivity index (χ0n) is 14.5. The number of amides is 2. The summed E-state index contributed by atoms with van der Waals surface area (Å²) in [4.78, 5) is 34.8. The van der Waals surface area contributed by atoms with E-state index in [1.54, 1.807) is 20.8 Å². The molecule has 0 fully saturated rings. The lowest BCUT2D eigenvalue weighted by molar-refractivity contribution is -0.141. The topological polar surface area (TPSA) is 123 Å². The summed E-state index contributed by atoms with van der Waals surface area (Å²) in [7, 11) is 1.19. The van der Waals surface area contributed by atoms with Gasteiger partial charge in [-0.1, -0.05) is 0 Å². The van der Waals surface area contributed by atoms with E-state index in [1.807, 2.05) is 5.32 Å². The Morgan fingerprint density at radius 1 is 1.31 bits per heavy atom. The van der Waals surface area contributed by atoms with Gasteiger partial charge < -0.3 is 20.5 Å². The molecule has 0 aliphatic rings. The van der Waals surface area contributed by atoms with Gasteiger partial charge in [-0.25, -0.2) is 9.59 Å². The number of carbonyl (C=O) groups is 3. The second-order valence-electron chi connectivity index (χ2n) is 6.31. The monoisotopic (exact) mass is 380 g/mol. The van der Waals surface area contributed by atoms with Crippen molar-refractivity contribution in [3.63, 3.8) is 0 Å².